The molecular formula is C14H23F2N3S. The summed E-state index contributed by atoms with van der Waals surface area (Å²) in [6.45, 7) is 7.20. The van der Waals surface area contributed by atoms with E-state index in [1.165, 1.54) is 0 Å². The minimum absolute atomic E-state index is 0.0425. The third-order valence-corrected chi connectivity index (χ3v) is 5.16. The molecule has 2 N–H and O–H groups in total. The number of pyridine rings is 1. The van der Waals surface area contributed by atoms with Gasteiger partial charge in [0.15, 0.2) is 23.3 Å². The molecule has 0 aliphatic carbocycles. The number of thioether (sulfide) groups is 1. The zero-order valence-corrected chi connectivity index (χ0v) is 13.3. The Morgan fingerprint density at radius 1 is 1.10 bits per heavy atom. The smallest absolute Gasteiger partial charge is 0.168 e. The van der Waals surface area contributed by atoms with E-state index in [9.17, 15) is 8.78 Å². The number of rotatable bonds is 8. The second-order valence-corrected chi connectivity index (χ2v) is 5.90. The maximum Gasteiger partial charge on any atom is 0.168 e. The molecule has 0 unspecified atom stereocenters. The Kier molecular flexibility index (Phi) is 6.52. The fraction of sp³-hybridized carbons (Fsp3) is 0.643. The van der Waals surface area contributed by atoms with Crippen molar-refractivity contribution in [2.24, 2.45) is 0 Å². The third-order valence-electron chi connectivity index (χ3n) is 3.57. The van der Waals surface area contributed by atoms with Crippen LogP contribution in [0.25, 0.3) is 0 Å². The van der Waals surface area contributed by atoms with Gasteiger partial charge in [0.2, 0.25) is 0 Å². The molecule has 0 aliphatic heterocycles. The minimum Gasteiger partial charge on any atom is -0.368 e. The van der Waals surface area contributed by atoms with Crippen molar-refractivity contribution >= 4 is 23.4 Å². The van der Waals surface area contributed by atoms with E-state index in [0.29, 0.717) is 13.1 Å². The summed E-state index contributed by atoms with van der Waals surface area (Å²) in [5, 5.41) is 5.80. The van der Waals surface area contributed by atoms with Gasteiger partial charge in [-0.1, -0.05) is 13.8 Å². The number of nitrogens with one attached hydrogen (secondary N) is 2. The summed E-state index contributed by atoms with van der Waals surface area (Å²) in [4.78, 5) is 3.99. The van der Waals surface area contributed by atoms with E-state index in [2.05, 4.69) is 29.5 Å². The monoisotopic (exact) mass is 303 g/mol. The van der Waals surface area contributed by atoms with Gasteiger partial charge in [0.25, 0.3) is 0 Å². The van der Waals surface area contributed by atoms with Crippen LogP contribution in [0.5, 0.6) is 0 Å². The first kappa shape index (κ1) is 17.0. The first-order valence-electron chi connectivity index (χ1n) is 6.90. The molecular weight excluding hydrogens is 280 g/mol. The Hall–Kier alpha value is -1.04. The van der Waals surface area contributed by atoms with Crippen LogP contribution in [0.2, 0.25) is 0 Å². The zero-order valence-electron chi connectivity index (χ0n) is 12.5. The molecule has 0 saturated carbocycles. The number of aromatic nitrogens is 1. The van der Waals surface area contributed by atoms with Gasteiger partial charge in [0.1, 0.15) is 0 Å². The standard InChI is InChI=1S/C14H23F2N3S/c1-5-14(6-2,20-4)9-18-13-11(16)8-10(15)12(19-13)17-7-3/h8H,5-7,9H2,1-4H3,(H2,17,18,19). The highest BCUT2D eigenvalue weighted by atomic mass is 32.2. The van der Waals surface area contributed by atoms with Gasteiger partial charge in [0, 0.05) is 23.9 Å². The summed E-state index contributed by atoms with van der Waals surface area (Å²) in [6, 6.07) is 0.867. The Balaban J connectivity index is 2.89. The van der Waals surface area contributed by atoms with Crippen LogP contribution in [0.4, 0.5) is 20.4 Å². The molecule has 1 rings (SSSR count). The number of anilines is 2. The van der Waals surface area contributed by atoms with Gasteiger partial charge in [-0.05, 0) is 26.0 Å². The van der Waals surface area contributed by atoms with Crippen LogP contribution < -0.4 is 10.6 Å². The average Bonchev–Trinajstić information content (AvgIpc) is 2.45. The van der Waals surface area contributed by atoms with Gasteiger partial charge in [-0.2, -0.15) is 11.8 Å². The molecule has 0 saturated heterocycles. The lowest BCUT2D eigenvalue weighted by Gasteiger charge is -2.30. The second-order valence-electron chi connectivity index (χ2n) is 4.63. The normalized spacial score (nSPS) is 11.5. The summed E-state index contributed by atoms with van der Waals surface area (Å²) in [5.74, 6) is -1.15. The summed E-state index contributed by atoms with van der Waals surface area (Å²) in [7, 11) is 0. The van der Waals surface area contributed by atoms with Crippen molar-refractivity contribution in [1.82, 2.24) is 4.98 Å². The van der Waals surface area contributed by atoms with Crippen molar-refractivity contribution in [3.05, 3.63) is 17.7 Å². The molecule has 0 fully saturated rings. The SMILES string of the molecule is CCNc1nc(NCC(CC)(CC)SC)c(F)cc1F. The van der Waals surface area contributed by atoms with Crippen LogP contribution in [0.3, 0.4) is 0 Å². The minimum atomic E-state index is -0.669. The number of nitrogens with zero attached hydrogens (tertiary/aromatic N) is 1. The lowest BCUT2D eigenvalue weighted by Crippen LogP contribution is -2.32. The van der Waals surface area contributed by atoms with E-state index in [-0.39, 0.29) is 16.4 Å². The fourth-order valence-corrected chi connectivity index (χ4v) is 2.78. The summed E-state index contributed by atoms with van der Waals surface area (Å²) < 4.78 is 27.3. The maximum absolute atomic E-state index is 13.8. The Morgan fingerprint density at radius 2 is 1.65 bits per heavy atom. The van der Waals surface area contributed by atoms with Crippen LogP contribution in [-0.2, 0) is 0 Å². The zero-order chi connectivity index (χ0) is 15.2. The molecule has 0 atom stereocenters. The predicted octanol–water partition coefficient (Wildman–Crippen LogP) is 4.13. The largest absolute Gasteiger partial charge is 0.368 e. The Morgan fingerprint density at radius 3 is 2.10 bits per heavy atom. The topological polar surface area (TPSA) is 37.0 Å². The average molecular weight is 303 g/mol. The van der Waals surface area contributed by atoms with E-state index in [1.54, 1.807) is 11.8 Å². The molecule has 0 spiro atoms. The highest BCUT2D eigenvalue weighted by Gasteiger charge is 2.25. The van der Waals surface area contributed by atoms with Gasteiger partial charge in [0.05, 0.1) is 0 Å². The van der Waals surface area contributed by atoms with Crippen molar-refractivity contribution in [2.75, 3.05) is 30.0 Å². The molecule has 0 bridgehead atoms. The van der Waals surface area contributed by atoms with Gasteiger partial charge >= 0.3 is 0 Å². The summed E-state index contributed by atoms with van der Waals surface area (Å²) >= 11 is 1.76. The molecule has 1 aromatic heterocycles. The first-order chi connectivity index (χ1) is 9.51. The van der Waals surface area contributed by atoms with Gasteiger partial charge in [-0.3, -0.25) is 0 Å². The molecule has 0 aromatic carbocycles. The van der Waals surface area contributed by atoms with E-state index < -0.39 is 11.6 Å². The van der Waals surface area contributed by atoms with Crippen molar-refractivity contribution in [3.63, 3.8) is 0 Å². The van der Waals surface area contributed by atoms with Crippen molar-refractivity contribution < 1.29 is 8.78 Å². The highest BCUT2D eigenvalue weighted by molar-refractivity contribution is 8.00. The van der Waals surface area contributed by atoms with Crippen LogP contribution in [0.1, 0.15) is 33.6 Å². The van der Waals surface area contributed by atoms with Crippen molar-refractivity contribution in [2.45, 2.75) is 38.4 Å². The lowest BCUT2D eigenvalue weighted by molar-refractivity contribution is 0.559. The molecule has 1 heterocycles. The van der Waals surface area contributed by atoms with Crippen molar-refractivity contribution in [1.29, 1.82) is 0 Å². The third kappa shape index (κ3) is 3.98. The number of halogens is 2. The van der Waals surface area contributed by atoms with Crippen LogP contribution in [0, 0.1) is 11.6 Å². The van der Waals surface area contributed by atoms with Gasteiger partial charge in [-0.15, -0.1) is 0 Å². The quantitative estimate of drug-likeness (QED) is 0.757. The summed E-state index contributed by atoms with van der Waals surface area (Å²) in [5.41, 5.74) is 0. The fourth-order valence-electron chi connectivity index (χ4n) is 1.99. The number of hydrogen-bond donors (Lipinski definition) is 2. The molecule has 6 heteroatoms. The van der Waals surface area contributed by atoms with E-state index >= 15 is 0 Å². The molecule has 0 aliphatic rings. The Labute approximate surface area is 123 Å². The Bertz CT molecular complexity index is 428. The summed E-state index contributed by atoms with van der Waals surface area (Å²) in [6.07, 6.45) is 3.99. The molecule has 0 radical (unpaired) electrons. The second kappa shape index (κ2) is 7.67. The van der Waals surface area contributed by atoms with Gasteiger partial charge < -0.3 is 10.6 Å². The molecule has 20 heavy (non-hydrogen) atoms. The number of hydrogen-bond acceptors (Lipinski definition) is 4. The maximum atomic E-state index is 13.8. The molecule has 1 aromatic rings. The van der Waals surface area contributed by atoms with E-state index in [4.69, 9.17) is 0 Å². The van der Waals surface area contributed by atoms with Crippen molar-refractivity contribution in [3.8, 4) is 0 Å². The lowest BCUT2D eigenvalue weighted by atomic mass is 10.0. The van der Waals surface area contributed by atoms with E-state index in [1.807, 2.05) is 13.2 Å². The molecule has 3 nitrogen and oxygen atoms in total. The molecule has 114 valence electrons. The van der Waals surface area contributed by atoms with Crippen LogP contribution >= 0.6 is 11.8 Å². The van der Waals surface area contributed by atoms with Crippen LogP contribution in [-0.4, -0.2) is 29.1 Å². The highest BCUT2D eigenvalue weighted by Crippen LogP contribution is 2.31. The first-order valence-corrected chi connectivity index (χ1v) is 8.13. The van der Waals surface area contributed by atoms with Gasteiger partial charge in [-0.25, -0.2) is 13.8 Å². The van der Waals surface area contributed by atoms with E-state index in [0.717, 1.165) is 18.9 Å². The molecule has 0 amide bonds. The van der Waals surface area contributed by atoms with Crippen LogP contribution in [0.15, 0.2) is 6.07 Å². The predicted molar refractivity (Wildman–Crippen MR) is 83.6 cm³/mol.